The molecule has 0 saturated heterocycles. The summed E-state index contributed by atoms with van der Waals surface area (Å²) in [7, 11) is 1.28. The van der Waals surface area contributed by atoms with E-state index in [2.05, 4.69) is 12.2 Å². The van der Waals surface area contributed by atoms with Crippen LogP contribution in [0.5, 0.6) is 0 Å². The van der Waals surface area contributed by atoms with Crippen LogP contribution in [0.4, 0.5) is 10.7 Å². The van der Waals surface area contributed by atoms with E-state index in [4.69, 9.17) is 16.2 Å². The summed E-state index contributed by atoms with van der Waals surface area (Å²) < 4.78 is 4.74. The fraction of sp³-hybridized carbons (Fsp3) is 0.571. The first-order valence-corrected chi connectivity index (χ1v) is 7.80. The highest BCUT2D eigenvalue weighted by Crippen LogP contribution is 2.50. The average Bonchev–Trinajstić information content (AvgIpc) is 3.12. The van der Waals surface area contributed by atoms with Crippen LogP contribution in [0.2, 0.25) is 0 Å². The predicted molar refractivity (Wildman–Crippen MR) is 83.7 cm³/mol. The molecule has 0 bridgehead atoms. The minimum Gasteiger partial charge on any atom is -0.465 e. The van der Waals surface area contributed by atoms with E-state index in [0.717, 1.165) is 30.7 Å². The van der Waals surface area contributed by atoms with Crippen LogP contribution in [0, 0.1) is 5.41 Å². The van der Waals surface area contributed by atoms with Crippen molar-refractivity contribution in [2.45, 2.75) is 32.6 Å². The minimum absolute atomic E-state index is 0.0992. The Balaban J connectivity index is 2.23. The largest absolute Gasteiger partial charge is 0.465 e. The molecular formula is C14H21N3O3S. The van der Waals surface area contributed by atoms with Gasteiger partial charge in [0, 0.05) is 6.54 Å². The molecular weight excluding hydrogens is 290 g/mol. The Kier molecular flexibility index (Phi) is 4.41. The Morgan fingerprint density at radius 2 is 2.10 bits per heavy atom. The molecule has 116 valence electrons. The molecule has 21 heavy (non-hydrogen) atoms. The second-order valence-corrected chi connectivity index (χ2v) is 6.53. The Hall–Kier alpha value is -1.76. The van der Waals surface area contributed by atoms with Gasteiger partial charge in [-0.05, 0) is 24.7 Å². The zero-order valence-corrected chi connectivity index (χ0v) is 13.1. The maximum atomic E-state index is 11.9. The number of primary amides is 1. The third kappa shape index (κ3) is 3.12. The van der Waals surface area contributed by atoms with E-state index in [1.807, 2.05) is 0 Å². The van der Waals surface area contributed by atoms with Gasteiger partial charge in [-0.1, -0.05) is 13.3 Å². The van der Waals surface area contributed by atoms with Crippen molar-refractivity contribution in [3.8, 4) is 0 Å². The number of methoxy groups -OCH3 is 1. The summed E-state index contributed by atoms with van der Waals surface area (Å²) in [6.07, 6.45) is 4.65. The Bertz CT molecular complexity index is 564. The second kappa shape index (κ2) is 5.93. The minimum atomic E-state index is -0.634. The number of thiophene rings is 1. The van der Waals surface area contributed by atoms with Gasteiger partial charge in [-0.3, -0.25) is 4.79 Å². The summed E-state index contributed by atoms with van der Waals surface area (Å²) >= 11 is 1.11. The van der Waals surface area contributed by atoms with Crippen molar-refractivity contribution in [2.24, 2.45) is 11.1 Å². The molecule has 6 nitrogen and oxygen atoms in total. The SMILES string of the molecule is CCCC1(CNc2sc(C(N)=O)c(N)c2C(=O)OC)CC1. The first-order chi connectivity index (χ1) is 9.94. The predicted octanol–water partition coefficient (Wildman–Crippen LogP) is 2.21. The summed E-state index contributed by atoms with van der Waals surface area (Å²) in [5, 5.41) is 3.83. The van der Waals surface area contributed by atoms with Crippen molar-refractivity contribution >= 4 is 33.9 Å². The number of nitrogens with two attached hydrogens (primary N) is 2. The number of hydrogen-bond acceptors (Lipinski definition) is 6. The van der Waals surface area contributed by atoms with Crippen LogP contribution in [0.25, 0.3) is 0 Å². The van der Waals surface area contributed by atoms with Gasteiger partial charge in [-0.15, -0.1) is 11.3 Å². The van der Waals surface area contributed by atoms with Crippen molar-refractivity contribution < 1.29 is 14.3 Å². The number of esters is 1. The van der Waals surface area contributed by atoms with Gasteiger partial charge in [0.2, 0.25) is 0 Å². The number of anilines is 2. The molecule has 0 aromatic carbocycles. The molecule has 0 unspecified atom stereocenters. The fourth-order valence-corrected chi connectivity index (χ4v) is 3.50. The molecule has 1 heterocycles. The van der Waals surface area contributed by atoms with Crippen LogP contribution in [0.3, 0.4) is 0 Å². The zero-order valence-electron chi connectivity index (χ0n) is 12.3. The highest BCUT2D eigenvalue weighted by atomic mass is 32.1. The molecule has 7 heteroatoms. The highest BCUT2D eigenvalue weighted by molar-refractivity contribution is 7.19. The summed E-state index contributed by atoms with van der Waals surface area (Å²) in [5.41, 5.74) is 11.8. The van der Waals surface area contributed by atoms with E-state index in [1.54, 1.807) is 0 Å². The average molecular weight is 311 g/mol. The van der Waals surface area contributed by atoms with Gasteiger partial charge in [0.1, 0.15) is 15.4 Å². The summed E-state index contributed by atoms with van der Waals surface area (Å²) in [5.74, 6) is -1.19. The lowest BCUT2D eigenvalue weighted by Crippen LogP contribution is -2.16. The number of carbonyl (C=O) groups is 2. The first kappa shape index (κ1) is 15.6. The van der Waals surface area contributed by atoms with Gasteiger partial charge in [0.25, 0.3) is 5.91 Å². The lowest BCUT2D eigenvalue weighted by atomic mass is 10.0. The molecule has 0 spiro atoms. The molecule has 0 atom stereocenters. The molecule has 1 aromatic rings. The molecule has 1 fully saturated rings. The van der Waals surface area contributed by atoms with E-state index >= 15 is 0 Å². The zero-order chi connectivity index (χ0) is 15.6. The fourth-order valence-electron chi connectivity index (χ4n) is 2.55. The van der Waals surface area contributed by atoms with Gasteiger partial charge in [0.05, 0.1) is 12.8 Å². The lowest BCUT2D eigenvalue weighted by molar-refractivity contribution is 0.0603. The van der Waals surface area contributed by atoms with E-state index in [1.165, 1.54) is 20.0 Å². The Morgan fingerprint density at radius 3 is 2.57 bits per heavy atom. The van der Waals surface area contributed by atoms with Crippen LogP contribution < -0.4 is 16.8 Å². The topological polar surface area (TPSA) is 107 Å². The number of ether oxygens (including phenoxy) is 1. The van der Waals surface area contributed by atoms with Crippen LogP contribution in [-0.4, -0.2) is 25.5 Å². The lowest BCUT2D eigenvalue weighted by Gasteiger charge is -2.15. The number of nitrogens with one attached hydrogen (secondary N) is 1. The first-order valence-electron chi connectivity index (χ1n) is 6.98. The van der Waals surface area contributed by atoms with Gasteiger partial charge in [-0.2, -0.15) is 0 Å². The smallest absolute Gasteiger partial charge is 0.343 e. The molecule has 5 N–H and O–H groups in total. The molecule has 2 rings (SSSR count). The number of carbonyl (C=O) groups excluding carboxylic acids is 2. The maximum absolute atomic E-state index is 11.9. The summed E-state index contributed by atoms with van der Waals surface area (Å²) in [4.78, 5) is 23.4. The van der Waals surface area contributed by atoms with Crippen molar-refractivity contribution in [2.75, 3.05) is 24.7 Å². The molecule has 1 aliphatic rings. The molecule has 1 amide bonds. The van der Waals surface area contributed by atoms with Gasteiger partial charge in [0.15, 0.2) is 0 Å². The van der Waals surface area contributed by atoms with Crippen LogP contribution in [0.15, 0.2) is 0 Å². The second-order valence-electron chi connectivity index (χ2n) is 5.51. The van der Waals surface area contributed by atoms with E-state index < -0.39 is 11.9 Å². The van der Waals surface area contributed by atoms with Gasteiger partial charge in [-0.25, -0.2) is 4.79 Å². The maximum Gasteiger partial charge on any atom is 0.343 e. The standard InChI is InChI=1S/C14H21N3O3S/c1-3-4-14(5-6-14)7-17-12-8(13(19)20-2)9(15)10(21-12)11(16)18/h17H,3-7,15H2,1-2H3,(H2,16,18). The molecule has 1 aromatic heterocycles. The molecule has 1 aliphatic carbocycles. The van der Waals surface area contributed by atoms with Crippen LogP contribution >= 0.6 is 11.3 Å². The van der Waals surface area contributed by atoms with Crippen molar-refractivity contribution in [3.63, 3.8) is 0 Å². The Labute approximate surface area is 127 Å². The quantitative estimate of drug-likeness (QED) is 0.669. The third-order valence-corrected chi connectivity index (χ3v) is 5.10. The van der Waals surface area contributed by atoms with Crippen molar-refractivity contribution in [1.29, 1.82) is 0 Å². The van der Waals surface area contributed by atoms with Gasteiger partial charge < -0.3 is 21.5 Å². The van der Waals surface area contributed by atoms with E-state index in [0.29, 0.717) is 10.4 Å². The molecule has 0 radical (unpaired) electrons. The highest BCUT2D eigenvalue weighted by Gasteiger charge is 2.41. The number of amides is 1. The molecule has 1 saturated carbocycles. The Morgan fingerprint density at radius 1 is 1.43 bits per heavy atom. The normalized spacial score (nSPS) is 15.5. The number of hydrogen-bond donors (Lipinski definition) is 3. The number of rotatable bonds is 7. The molecule has 0 aliphatic heterocycles. The monoisotopic (exact) mass is 311 g/mol. The summed E-state index contributed by atoms with van der Waals surface area (Å²) in [6, 6.07) is 0. The van der Waals surface area contributed by atoms with Crippen molar-refractivity contribution in [3.05, 3.63) is 10.4 Å². The van der Waals surface area contributed by atoms with Crippen LogP contribution in [-0.2, 0) is 4.74 Å². The summed E-state index contributed by atoms with van der Waals surface area (Å²) in [6.45, 7) is 2.93. The third-order valence-electron chi connectivity index (χ3n) is 3.92. The number of nitrogen functional groups attached to an aromatic ring is 1. The van der Waals surface area contributed by atoms with E-state index in [-0.39, 0.29) is 16.1 Å². The van der Waals surface area contributed by atoms with Gasteiger partial charge >= 0.3 is 5.97 Å². The van der Waals surface area contributed by atoms with E-state index in [9.17, 15) is 9.59 Å². The van der Waals surface area contributed by atoms with Crippen LogP contribution in [0.1, 0.15) is 52.6 Å². The van der Waals surface area contributed by atoms with Crippen molar-refractivity contribution in [1.82, 2.24) is 0 Å².